The molecule has 0 unspecified atom stereocenters. The van der Waals surface area contributed by atoms with Gasteiger partial charge in [-0.15, -0.1) is 0 Å². The molecule has 8 heteroatoms. The van der Waals surface area contributed by atoms with E-state index < -0.39 is 32.8 Å². The summed E-state index contributed by atoms with van der Waals surface area (Å²) in [5.41, 5.74) is 0.810. The first kappa shape index (κ1) is 20.3. The van der Waals surface area contributed by atoms with Gasteiger partial charge >= 0.3 is 0 Å². The smallest absolute Gasteiger partial charge is 0.262 e. The van der Waals surface area contributed by atoms with Crippen LogP contribution in [0.1, 0.15) is 11.1 Å². The normalized spacial score (nSPS) is 15.0. The van der Waals surface area contributed by atoms with Crippen LogP contribution in [0.4, 0.5) is 14.5 Å². The minimum absolute atomic E-state index is 0.0772. The van der Waals surface area contributed by atoms with Gasteiger partial charge in [0.1, 0.15) is 11.6 Å². The van der Waals surface area contributed by atoms with E-state index >= 15 is 0 Å². The number of thioether (sulfide) groups is 1. The molecule has 1 aliphatic rings. The summed E-state index contributed by atoms with van der Waals surface area (Å²) in [5.74, 6) is -2.91. The molecule has 0 spiro atoms. The van der Waals surface area contributed by atoms with Crippen molar-refractivity contribution in [3.05, 3.63) is 94.4 Å². The Morgan fingerprint density at radius 1 is 0.933 bits per heavy atom. The molecule has 4 rings (SSSR count). The van der Waals surface area contributed by atoms with Crippen molar-refractivity contribution < 1.29 is 22.0 Å². The zero-order chi connectivity index (χ0) is 21.3. The first-order chi connectivity index (χ1) is 14.3. The van der Waals surface area contributed by atoms with E-state index in [2.05, 4.69) is 5.32 Å². The fourth-order valence-electron chi connectivity index (χ4n) is 2.97. The summed E-state index contributed by atoms with van der Waals surface area (Å²) in [5, 5.41) is 2.73. The maximum absolute atomic E-state index is 13.9. The van der Waals surface area contributed by atoms with Gasteiger partial charge in [0, 0.05) is 10.5 Å². The van der Waals surface area contributed by atoms with Gasteiger partial charge in [-0.1, -0.05) is 48.2 Å². The number of benzene rings is 3. The van der Waals surface area contributed by atoms with Crippen LogP contribution in [0.2, 0.25) is 0 Å². The van der Waals surface area contributed by atoms with Crippen LogP contribution in [-0.2, 0) is 20.4 Å². The van der Waals surface area contributed by atoms with Crippen molar-refractivity contribution in [2.75, 3.05) is 5.32 Å². The molecule has 3 aromatic rings. The van der Waals surface area contributed by atoms with E-state index in [9.17, 15) is 22.0 Å². The van der Waals surface area contributed by atoms with Crippen molar-refractivity contribution in [3.8, 4) is 0 Å². The van der Waals surface area contributed by atoms with Crippen molar-refractivity contribution in [3.63, 3.8) is 0 Å². The minimum atomic E-state index is -4.01. The third kappa shape index (κ3) is 4.15. The Labute approximate surface area is 176 Å². The summed E-state index contributed by atoms with van der Waals surface area (Å²) in [6.45, 7) is 0. The number of amides is 1. The van der Waals surface area contributed by atoms with Crippen LogP contribution < -0.4 is 5.32 Å². The quantitative estimate of drug-likeness (QED) is 0.575. The summed E-state index contributed by atoms with van der Waals surface area (Å²) >= 11 is 1.14. The number of halogens is 2. The molecule has 0 saturated heterocycles. The van der Waals surface area contributed by atoms with Gasteiger partial charge in [0.25, 0.3) is 5.91 Å². The standard InChI is InChI=1S/C22H15F2NO3S2/c23-17-7-4-8-18(24)16(17)13-30(27,28)15-9-10-19-20(12-15)29-21(22(26)25-19)11-14-5-2-1-3-6-14/h1-12H,13H2,(H,25,26)/b21-11+. The number of fused-ring (bicyclic) bond motifs is 1. The van der Waals surface area contributed by atoms with Gasteiger partial charge in [-0.3, -0.25) is 4.79 Å². The van der Waals surface area contributed by atoms with E-state index in [1.165, 1.54) is 24.3 Å². The Kier molecular flexibility index (Phi) is 5.44. The van der Waals surface area contributed by atoms with E-state index in [0.29, 0.717) is 15.5 Å². The lowest BCUT2D eigenvalue weighted by atomic mass is 10.2. The summed E-state index contributed by atoms with van der Waals surface area (Å²) in [7, 11) is -4.01. The van der Waals surface area contributed by atoms with E-state index in [4.69, 9.17) is 0 Å². The van der Waals surface area contributed by atoms with Crippen LogP contribution in [-0.4, -0.2) is 14.3 Å². The van der Waals surface area contributed by atoms with E-state index in [1.54, 1.807) is 6.08 Å². The van der Waals surface area contributed by atoms with Crippen molar-refractivity contribution in [1.29, 1.82) is 0 Å². The van der Waals surface area contributed by atoms with Crippen LogP contribution in [0.5, 0.6) is 0 Å². The second-order valence-electron chi connectivity index (χ2n) is 6.59. The SMILES string of the molecule is O=C1Nc2ccc(S(=O)(=O)Cc3c(F)cccc3F)cc2S/C1=C/c1ccccc1. The highest BCUT2D eigenvalue weighted by Crippen LogP contribution is 2.40. The Balaban J connectivity index is 1.66. The van der Waals surface area contributed by atoms with E-state index in [-0.39, 0.29) is 10.8 Å². The molecule has 30 heavy (non-hydrogen) atoms. The molecular formula is C22H15F2NO3S2. The Bertz CT molecular complexity index is 1250. The lowest BCUT2D eigenvalue weighted by Gasteiger charge is -2.19. The molecule has 0 atom stereocenters. The number of carbonyl (C=O) groups excluding carboxylic acids is 1. The number of rotatable bonds is 4. The molecule has 3 aromatic carbocycles. The molecule has 0 fully saturated rings. The number of carbonyl (C=O) groups is 1. The number of sulfone groups is 1. The molecule has 1 amide bonds. The summed E-state index contributed by atoms with van der Waals surface area (Å²) in [6, 6.07) is 16.7. The zero-order valence-electron chi connectivity index (χ0n) is 15.4. The van der Waals surface area contributed by atoms with Crippen LogP contribution in [0.3, 0.4) is 0 Å². The van der Waals surface area contributed by atoms with Gasteiger partial charge in [-0.25, -0.2) is 17.2 Å². The molecule has 4 nitrogen and oxygen atoms in total. The molecule has 0 aliphatic carbocycles. The van der Waals surface area contributed by atoms with Crippen molar-refractivity contribution >= 4 is 39.3 Å². The second-order valence-corrected chi connectivity index (χ2v) is 9.67. The van der Waals surface area contributed by atoms with Crippen LogP contribution in [0.15, 0.2) is 81.4 Å². The summed E-state index contributed by atoms with van der Waals surface area (Å²) in [6.07, 6.45) is 1.71. The molecular weight excluding hydrogens is 428 g/mol. The minimum Gasteiger partial charge on any atom is -0.320 e. The highest BCUT2D eigenvalue weighted by molar-refractivity contribution is 8.04. The number of hydrogen-bond acceptors (Lipinski definition) is 4. The highest BCUT2D eigenvalue weighted by atomic mass is 32.2. The molecule has 0 radical (unpaired) electrons. The van der Waals surface area contributed by atoms with Crippen molar-refractivity contribution in [2.45, 2.75) is 15.5 Å². The molecule has 0 bridgehead atoms. The molecule has 0 aromatic heterocycles. The van der Waals surface area contributed by atoms with Gasteiger partial charge < -0.3 is 5.32 Å². The van der Waals surface area contributed by atoms with Gasteiger partial charge in [0.15, 0.2) is 9.84 Å². The lowest BCUT2D eigenvalue weighted by molar-refractivity contribution is -0.112. The van der Waals surface area contributed by atoms with Crippen LogP contribution in [0.25, 0.3) is 6.08 Å². The van der Waals surface area contributed by atoms with E-state index in [1.807, 2.05) is 30.3 Å². The molecule has 152 valence electrons. The largest absolute Gasteiger partial charge is 0.320 e. The summed E-state index contributed by atoms with van der Waals surface area (Å²) < 4.78 is 53.4. The van der Waals surface area contributed by atoms with E-state index in [0.717, 1.165) is 29.5 Å². The Morgan fingerprint density at radius 3 is 2.33 bits per heavy atom. The third-order valence-electron chi connectivity index (χ3n) is 4.50. The van der Waals surface area contributed by atoms with Crippen molar-refractivity contribution in [1.82, 2.24) is 0 Å². The average Bonchev–Trinajstić information content (AvgIpc) is 2.72. The van der Waals surface area contributed by atoms with Crippen LogP contribution in [0, 0.1) is 11.6 Å². The van der Waals surface area contributed by atoms with Crippen molar-refractivity contribution in [2.24, 2.45) is 0 Å². The fourth-order valence-corrected chi connectivity index (χ4v) is 5.43. The van der Waals surface area contributed by atoms with Gasteiger partial charge in [0.2, 0.25) is 0 Å². The highest BCUT2D eigenvalue weighted by Gasteiger charge is 2.25. The number of anilines is 1. The van der Waals surface area contributed by atoms with Gasteiger partial charge in [-0.2, -0.15) is 0 Å². The number of hydrogen-bond donors (Lipinski definition) is 1. The zero-order valence-corrected chi connectivity index (χ0v) is 17.1. The third-order valence-corrected chi connectivity index (χ3v) is 7.22. The maximum atomic E-state index is 13.9. The monoisotopic (exact) mass is 443 g/mol. The fraction of sp³-hybridized carbons (Fsp3) is 0.0455. The van der Waals surface area contributed by atoms with Crippen LogP contribution >= 0.6 is 11.8 Å². The first-order valence-corrected chi connectivity index (χ1v) is 11.4. The van der Waals surface area contributed by atoms with Gasteiger partial charge in [-0.05, 0) is 42.0 Å². The molecule has 1 N–H and O–H groups in total. The molecule has 1 aliphatic heterocycles. The molecule has 0 saturated carbocycles. The predicted octanol–water partition coefficient (Wildman–Crippen LogP) is 5.02. The molecule has 1 heterocycles. The Morgan fingerprint density at radius 2 is 1.63 bits per heavy atom. The topological polar surface area (TPSA) is 63.2 Å². The Hall–Kier alpha value is -2.97. The second kappa shape index (κ2) is 8.04. The van der Waals surface area contributed by atoms with Gasteiger partial charge in [0.05, 0.1) is 21.2 Å². The maximum Gasteiger partial charge on any atom is 0.262 e. The number of nitrogens with one attached hydrogen (secondary N) is 1. The average molecular weight is 443 g/mol. The first-order valence-electron chi connectivity index (χ1n) is 8.89. The predicted molar refractivity (Wildman–Crippen MR) is 113 cm³/mol. The lowest BCUT2D eigenvalue weighted by Crippen LogP contribution is -2.18. The summed E-state index contributed by atoms with van der Waals surface area (Å²) in [4.78, 5) is 13.2.